The van der Waals surface area contributed by atoms with E-state index < -0.39 is 6.10 Å². The highest BCUT2D eigenvalue weighted by Crippen LogP contribution is 2.18. The van der Waals surface area contributed by atoms with E-state index in [1.54, 1.807) is 0 Å². The summed E-state index contributed by atoms with van der Waals surface area (Å²) in [5.74, 6) is 2.08. The zero-order chi connectivity index (χ0) is 19.2. The summed E-state index contributed by atoms with van der Waals surface area (Å²) in [7, 11) is 2.00. The molecular formula is C22H25N3O2. The highest BCUT2D eigenvalue weighted by Gasteiger charge is 2.11. The van der Waals surface area contributed by atoms with E-state index in [1.165, 1.54) is 0 Å². The number of para-hydroxylation sites is 2. The van der Waals surface area contributed by atoms with Crippen LogP contribution in [0.1, 0.15) is 25.2 Å². The molecule has 27 heavy (non-hydrogen) atoms. The molecule has 3 aromatic rings. The zero-order valence-corrected chi connectivity index (χ0v) is 16.1. The Kier molecular flexibility index (Phi) is 6.10. The SMILES string of the molecule is CC(C)COC(C#N)Cc1ccc(OCc2nc3ccccc3n2C)cc1. The Balaban J connectivity index is 1.58. The lowest BCUT2D eigenvalue weighted by molar-refractivity contribution is 0.0698. The molecule has 2 aromatic carbocycles. The molecule has 0 N–H and O–H groups in total. The number of hydrogen-bond donors (Lipinski definition) is 0. The highest BCUT2D eigenvalue weighted by molar-refractivity contribution is 5.75. The van der Waals surface area contributed by atoms with Crippen molar-refractivity contribution < 1.29 is 9.47 Å². The first-order valence-corrected chi connectivity index (χ1v) is 9.20. The second kappa shape index (κ2) is 8.70. The molecule has 0 spiro atoms. The first kappa shape index (κ1) is 18.9. The first-order valence-electron chi connectivity index (χ1n) is 9.20. The molecule has 140 valence electrons. The van der Waals surface area contributed by atoms with Gasteiger partial charge in [-0.3, -0.25) is 0 Å². The highest BCUT2D eigenvalue weighted by atomic mass is 16.5. The second-order valence-electron chi connectivity index (χ2n) is 7.06. The molecule has 1 atom stereocenters. The maximum atomic E-state index is 9.24. The van der Waals surface area contributed by atoms with Gasteiger partial charge in [0.1, 0.15) is 24.3 Å². The smallest absolute Gasteiger partial charge is 0.148 e. The van der Waals surface area contributed by atoms with E-state index in [4.69, 9.17) is 9.47 Å². The summed E-state index contributed by atoms with van der Waals surface area (Å²) in [6, 6.07) is 18.1. The van der Waals surface area contributed by atoms with E-state index in [1.807, 2.05) is 60.1 Å². The molecule has 1 unspecified atom stereocenters. The van der Waals surface area contributed by atoms with E-state index in [2.05, 4.69) is 24.9 Å². The maximum absolute atomic E-state index is 9.24. The molecule has 0 aliphatic carbocycles. The fourth-order valence-corrected chi connectivity index (χ4v) is 2.86. The number of nitrogens with zero attached hydrogens (tertiary/aromatic N) is 3. The Morgan fingerprint density at radius 3 is 2.52 bits per heavy atom. The van der Waals surface area contributed by atoms with Crippen molar-refractivity contribution in [3.8, 4) is 11.8 Å². The van der Waals surface area contributed by atoms with Crippen molar-refractivity contribution >= 4 is 11.0 Å². The molecule has 5 heteroatoms. The third-order valence-electron chi connectivity index (χ3n) is 4.37. The number of ether oxygens (including phenoxy) is 2. The molecule has 0 aliphatic rings. The van der Waals surface area contributed by atoms with Gasteiger partial charge >= 0.3 is 0 Å². The van der Waals surface area contributed by atoms with Crippen LogP contribution in [0.25, 0.3) is 11.0 Å². The Morgan fingerprint density at radius 1 is 1.11 bits per heavy atom. The van der Waals surface area contributed by atoms with Gasteiger partial charge < -0.3 is 14.0 Å². The number of aromatic nitrogens is 2. The van der Waals surface area contributed by atoms with Crippen LogP contribution in [0.15, 0.2) is 48.5 Å². The lowest BCUT2D eigenvalue weighted by atomic mass is 10.1. The Labute approximate surface area is 160 Å². The normalized spacial score (nSPS) is 12.3. The van der Waals surface area contributed by atoms with E-state index >= 15 is 0 Å². The van der Waals surface area contributed by atoms with Crippen LogP contribution in [0.4, 0.5) is 0 Å². The topological polar surface area (TPSA) is 60.1 Å². The fourth-order valence-electron chi connectivity index (χ4n) is 2.86. The minimum atomic E-state index is -0.417. The van der Waals surface area contributed by atoms with Crippen LogP contribution < -0.4 is 4.74 Å². The molecule has 0 fully saturated rings. The van der Waals surface area contributed by atoms with Crippen molar-refractivity contribution in [2.24, 2.45) is 13.0 Å². The summed E-state index contributed by atoms with van der Waals surface area (Å²) in [5, 5.41) is 9.24. The third kappa shape index (κ3) is 4.87. The van der Waals surface area contributed by atoms with Crippen molar-refractivity contribution in [3.05, 3.63) is 59.9 Å². The van der Waals surface area contributed by atoms with Crippen molar-refractivity contribution in [3.63, 3.8) is 0 Å². The molecule has 0 saturated carbocycles. The molecule has 1 heterocycles. The Hall–Kier alpha value is -2.84. The largest absolute Gasteiger partial charge is 0.486 e. The molecule has 0 aliphatic heterocycles. The molecule has 0 amide bonds. The van der Waals surface area contributed by atoms with Gasteiger partial charge in [-0.15, -0.1) is 0 Å². The Morgan fingerprint density at radius 2 is 1.85 bits per heavy atom. The van der Waals surface area contributed by atoms with Gasteiger partial charge in [-0.1, -0.05) is 38.1 Å². The van der Waals surface area contributed by atoms with Gasteiger partial charge in [0.25, 0.3) is 0 Å². The van der Waals surface area contributed by atoms with Gasteiger partial charge in [0, 0.05) is 13.5 Å². The van der Waals surface area contributed by atoms with Crippen LogP contribution in [0.3, 0.4) is 0 Å². The van der Waals surface area contributed by atoms with Crippen molar-refractivity contribution in [2.75, 3.05) is 6.61 Å². The number of aryl methyl sites for hydroxylation is 1. The molecule has 0 saturated heterocycles. The number of benzene rings is 2. The molecule has 1 aromatic heterocycles. The molecule has 0 bridgehead atoms. The van der Waals surface area contributed by atoms with E-state index in [0.717, 1.165) is 28.2 Å². The average molecular weight is 363 g/mol. The summed E-state index contributed by atoms with van der Waals surface area (Å²) < 4.78 is 13.6. The van der Waals surface area contributed by atoms with Crippen LogP contribution in [0.2, 0.25) is 0 Å². The van der Waals surface area contributed by atoms with Crippen LogP contribution in [-0.4, -0.2) is 22.3 Å². The average Bonchev–Trinajstić information content (AvgIpc) is 3.00. The lowest BCUT2D eigenvalue weighted by Crippen LogP contribution is -2.17. The number of fused-ring (bicyclic) bond motifs is 1. The summed E-state index contributed by atoms with van der Waals surface area (Å²) in [6.45, 7) is 5.15. The molecular weight excluding hydrogens is 338 g/mol. The minimum absolute atomic E-state index is 0.406. The van der Waals surface area contributed by atoms with E-state index in [9.17, 15) is 5.26 Å². The van der Waals surface area contributed by atoms with Crippen LogP contribution in [0.5, 0.6) is 5.75 Å². The van der Waals surface area contributed by atoms with Crippen LogP contribution in [-0.2, 0) is 24.8 Å². The summed E-state index contributed by atoms with van der Waals surface area (Å²) in [5.41, 5.74) is 3.12. The van der Waals surface area contributed by atoms with E-state index in [-0.39, 0.29) is 0 Å². The van der Waals surface area contributed by atoms with Gasteiger partial charge in [-0.2, -0.15) is 5.26 Å². The monoisotopic (exact) mass is 363 g/mol. The predicted molar refractivity (Wildman–Crippen MR) is 105 cm³/mol. The van der Waals surface area contributed by atoms with Gasteiger partial charge in [0.05, 0.1) is 23.7 Å². The Bertz CT molecular complexity index is 923. The maximum Gasteiger partial charge on any atom is 0.148 e. The van der Waals surface area contributed by atoms with Crippen LogP contribution >= 0.6 is 0 Å². The molecule has 3 rings (SSSR count). The van der Waals surface area contributed by atoms with Crippen LogP contribution in [0, 0.1) is 17.2 Å². The van der Waals surface area contributed by atoms with Gasteiger partial charge in [0.15, 0.2) is 0 Å². The van der Waals surface area contributed by atoms with Gasteiger partial charge in [-0.05, 0) is 35.7 Å². The molecule has 0 radical (unpaired) electrons. The lowest BCUT2D eigenvalue weighted by Gasteiger charge is -2.13. The number of hydrogen-bond acceptors (Lipinski definition) is 4. The first-order chi connectivity index (χ1) is 13.1. The van der Waals surface area contributed by atoms with Crippen molar-refractivity contribution in [2.45, 2.75) is 33.0 Å². The van der Waals surface area contributed by atoms with Gasteiger partial charge in [0.2, 0.25) is 0 Å². The fraction of sp³-hybridized carbons (Fsp3) is 0.364. The van der Waals surface area contributed by atoms with Gasteiger partial charge in [-0.25, -0.2) is 4.98 Å². The number of imidazole rings is 1. The number of rotatable bonds is 8. The number of nitriles is 1. The van der Waals surface area contributed by atoms with E-state index in [0.29, 0.717) is 25.6 Å². The zero-order valence-electron chi connectivity index (χ0n) is 16.1. The van der Waals surface area contributed by atoms with Crippen molar-refractivity contribution in [1.82, 2.24) is 9.55 Å². The summed E-state index contributed by atoms with van der Waals surface area (Å²) >= 11 is 0. The second-order valence-corrected chi connectivity index (χ2v) is 7.06. The molecule has 5 nitrogen and oxygen atoms in total. The summed E-state index contributed by atoms with van der Waals surface area (Å²) in [4.78, 5) is 4.62. The summed E-state index contributed by atoms with van der Waals surface area (Å²) in [6.07, 6.45) is 0.160. The quantitative estimate of drug-likeness (QED) is 0.600. The van der Waals surface area contributed by atoms with Crippen molar-refractivity contribution in [1.29, 1.82) is 5.26 Å². The predicted octanol–water partition coefficient (Wildman–Crippen LogP) is 4.26. The third-order valence-corrected chi connectivity index (χ3v) is 4.37. The standard InChI is InChI=1S/C22H25N3O2/c1-16(2)14-26-19(13-23)12-17-8-10-18(11-9-17)27-15-22-24-20-6-4-5-7-21(20)25(22)3/h4-11,16,19H,12,14-15H2,1-3H3. The minimum Gasteiger partial charge on any atom is -0.486 e.